The summed E-state index contributed by atoms with van der Waals surface area (Å²) < 4.78 is 1.92. The maximum atomic E-state index is 4.30. The molecule has 1 aromatic carbocycles. The van der Waals surface area contributed by atoms with E-state index in [0.29, 0.717) is 6.04 Å². The smallest absolute Gasteiger partial charge is 0.0693 e. The second kappa shape index (κ2) is 5.64. The van der Waals surface area contributed by atoms with Gasteiger partial charge in [0.15, 0.2) is 0 Å². The van der Waals surface area contributed by atoms with Gasteiger partial charge in [-0.3, -0.25) is 0 Å². The van der Waals surface area contributed by atoms with Crippen LogP contribution in [0.3, 0.4) is 0 Å². The third-order valence-corrected chi connectivity index (χ3v) is 2.86. The lowest BCUT2D eigenvalue weighted by atomic mass is 10.1. The molecule has 0 radical (unpaired) electrons. The van der Waals surface area contributed by atoms with Gasteiger partial charge in [-0.15, -0.1) is 0 Å². The number of hydrogen-bond acceptors (Lipinski definition) is 2. The molecule has 2 rings (SSSR count). The van der Waals surface area contributed by atoms with Crippen molar-refractivity contribution in [3.63, 3.8) is 0 Å². The Hall–Kier alpha value is -1.61. The lowest BCUT2D eigenvalue weighted by molar-refractivity contribution is 0.567. The van der Waals surface area contributed by atoms with Crippen molar-refractivity contribution in [2.45, 2.75) is 26.3 Å². The number of para-hydroxylation sites is 1. The van der Waals surface area contributed by atoms with E-state index < -0.39 is 0 Å². The molecule has 1 unspecified atom stereocenters. The number of hydrogen-bond donors (Lipinski definition) is 1. The summed E-state index contributed by atoms with van der Waals surface area (Å²) in [4.78, 5) is 0. The second-order valence-corrected chi connectivity index (χ2v) is 4.19. The van der Waals surface area contributed by atoms with Gasteiger partial charge in [-0.25, -0.2) is 4.68 Å². The molecule has 1 N–H and O–H groups in total. The first-order valence-electron chi connectivity index (χ1n) is 6.15. The van der Waals surface area contributed by atoms with Crippen molar-refractivity contribution in [1.82, 2.24) is 15.1 Å². The van der Waals surface area contributed by atoms with E-state index in [2.05, 4.69) is 42.5 Å². The highest BCUT2D eigenvalue weighted by atomic mass is 15.3. The fourth-order valence-corrected chi connectivity index (χ4v) is 1.94. The Morgan fingerprint density at radius 2 is 2.12 bits per heavy atom. The Morgan fingerprint density at radius 3 is 2.82 bits per heavy atom. The van der Waals surface area contributed by atoms with Crippen LogP contribution < -0.4 is 5.32 Å². The van der Waals surface area contributed by atoms with Crippen LogP contribution in [0.15, 0.2) is 42.7 Å². The van der Waals surface area contributed by atoms with Crippen LogP contribution in [0.5, 0.6) is 0 Å². The summed E-state index contributed by atoms with van der Waals surface area (Å²) in [5.74, 6) is 0. The number of benzene rings is 1. The molecule has 0 fully saturated rings. The molecule has 0 saturated carbocycles. The van der Waals surface area contributed by atoms with E-state index in [9.17, 15) is 0 Å². The molecule has 2 aromatic rings. The summed E-state index contributed by atoms with van der Waals surface area (Å²) in [6.07, 6.45) is 4.93. The summed E-state index contributed by atoms with van der Waals surface area (Å²) in [5, 5.41) is 7.81. The molecule has 0 aliphatic heterocycles. The second-order valence-electron chi connectivity index (χ2n) is 4.19. The maximum Gasteiger partial charge on any atom is 0.0693 e. The van der Waals surface area contributed by atoms with E-state index in [1.165, 1.54) is 5.56 Å². The van der Waals surface area contributed by atoms with Gasteiger partial charge in [-0.2, -0.15) is 5.10 Å². The largest absolute Gasteiger partial charge is 0.310 e. The van der Waals surface area contributed by atoms with Crippen molar-refractivity contribution in [2.24, 2.45) is 0 Å². The van der Waals surface area contributed by atoms with E-state index in [4.69, 9.17) is 0 Å². The molecule has 3 nitrogen and oxygen atoms in total. The molecule has 3 heteroatoms. The normalized spacial score (nSPS) is 12.6. The van der Waals surface area contributed by atoms with Gasteiger partial charge in [0.05, 0.1) is 5.69 Å². The average molecular weight is 229 g/mol. The third kappa shape index (κ3) is 2.74. The van der Waals surface area contributed by atoms with Gasteiger partial charge in [0, 0.05) is 18.4 Å². The monoisotopic (exact) mass is 229 g/mol. The SMILES string of the molecule is CCCNC(C)c1ccccc1-n1cccn1. The molecule has 1 heterocycles. The van der Waals surface area contributed by atoms with E-state index in [0.717, 1.165) is 18.7 Å². The number of rotatable bonds is 5. The predicted molar refractivity (Wildman–Crippen MR) is 70.3 cm³/mol. The molecular weight excluding hydrogens is 210 g/mol. The Bertz CT molecular complexity index is 448. The predicted octanol–water partition coefficient (Wildman–Crippen LogP) is 2.93. The van der Waals surface area contributed by atoms with Gasteiger partial charge in [-0.05, 0) is 37.6 Å². The number of nitrogens with zero attached hydrogens (tertiary/aromatic N) is 2. The Labute approximate surface area is 102 Å². The number of nitrogens with one attached hydrogen (secondary N) is 1. The first-order chi connectivity index (χ1) is 8.33. The lowest BCUT2D eigenvalue weighted by Gasteiger charge is -2.17. The molecule has 17 heavy (non-hydrogen) atoms. The molecule has 0 saturated heterocycles. The summed E-state index contributed by atoms with van der Waals surface area (Å²) in [6.45, 7) is 5.41. The molecule has 0 aliphatic carbocycles. The minimum absolute atomic E-state index is 0.343. The Balaban J connectivity index is 2.28. The lowest BCUT2D eigenvalue weighted by Crippen LogP contribution is -2.20. The summed E-state index contributed by atoms with van der Waals surface area (Å²) in [7, 11) is 0. The first kappa shape index (κ1) is 11.9. The fourth-order valence-electron chi connectivity index (χ4n) is 1.94. The van der Waals surface area contributed by atoms with Crippen molar-refractivity contribution in [3.05, 3.63) is 48.3 Å². The van der Waals surface area contributed by atoms with Gasteiger partial charge in [0.25, 0.3) is 0 Å². The minimum Gasteiger partial charge on any atom is -0.310 e. The van der Waals surface area contributed by atoms with Gasteiger partial charge in [-0.1, -0.05) is 25.1 Å². The molecule has 1 aromatic heterocycles. The highest BCUT2D eigenvalue weighted by Gasteiger charge is 2.10. The van der Waals surface area contributed by atoms with Crippen LogP contribution in [0, 0.1) is 0 Å². The molecule has 0 aliphatic rings. The van der Waals surface area contributed by atoms with Crippen LogP contribution >= 0.6 is 0 Å². The summed E-state index contributed by atoms with van der Waals surface area (Å²) >= 11 is 0. The van der Waals surface area contributed by atoms with Crippen molar-refractivity contribution in [2.75, 3.05) is 6.54 Å². The van der Waals surface area contributed by atoms with Crippen LogP contribution in [0.4, 0.5) is 0 Å². The van der Waals surface area contributed by atoms with E-state index >= 15 is 0 Å². The molecule has 90 valence electrons. The molecular formula is C14H19N3. The topological polar surface area (TPSA) is 29.9 Å². The summed E-state index contributed by atoms with van der Waals surface area (Å²) in [6, 6.07) is 10.7. The highest BCUT2D eigenvalue weighted by Crippen LogP contribution is 2.20. The molecule has 0 spiro atoms. The average Bonchev–Trinajstić information content (AvgIpc) is 2.89. The quantitative estimate of drug-likeness (QED) is 0.854. The van der Waals surface area contributed by atoms with Crippen LogP contribution in [-0.4, -0.2) is 16.3 Å². The van der Waals surface area contributed by atoms with Crippen LogP contribution in [0.1, 0.15) is 31.9 Å². The van der Waals surface area contributed by atoms with Crippen molar-refractivity contribution >= 4 is 0 Å². The molecule has 0 amide bonds. The first-order valence-corrected chi connectivity index (χ1v) is 6.15. The van der Waals surface area contributed by atoms with Crippen molar-refractivity contribution in [1.29, 1.82) is 0 Å². The minimum atomic E-state index is 0.343. The fraction of sp³-hybridized carbons (Fsp3) is 0.357. The van der Waals surface area contributed by atoms with Crippen molar-refractivity contribution < 1.29 is 0 Å². The maximum absolute atomic E-state index is 4.30. The van der Waals surface area contributed by atoms with Gasteiger partial charge in [0.1, 0.15) is 0 Å². The Morgan fingerprint density at radius 1 is 1.29 bits per heavy atom. The summed E-state index contributed by atoms with van der Waals surface area (Å²) in [5.41, 5.74) is 2.43. The number of aromatic nitrogens is 2. The molecule has 1 atom stereocenters. The van der Waals surface area contributed by atoms with E-state index in [1.807, 2.05) is 23.0 Å². The Kier molecular flexibility index (Phi) is 3.94. The van der Waals surface area contributed by atoms with Gasteiger partial charge < -0.3 is 5.32 Å². The zero-order chi connectivity index (χ0) is 12.1. The molecule has 0 bridgehead atoms. The van der Waals surface area contributed by atoms with Crippen molar-refractivity contribution in [3.8, 4) is 5.69 Å². The zero-order valence-electron chi connectivity index (χ0n) is 10.4. The van der Waals surface area contributed by atoms with Crippen LogP contribution in [0.2, 0.25) is 0 Å². The zero-order valence-corrected chi connectivity index (χ0v) is 10.4. The van der Waals surface area contributed by atoms with Gasteiger partial charge in [0.2, 0.25) is 0 Å². The van der Waals surface area contributed by atoms with E-state index in [-0.39, 0.29) is 0 Å². The van der Waals surface area contributed by atoms with Crippen LogP contribution in [-0.2, 0) is 0 Å². The third-order valence-electron chi connectivity index (χ3n) is 2.86. The van der Waals surface area contributed by atoms with E-state index in [1.54, 1.807) is 6.20 Å². The highest BCUT2D eigenvalue weighted by molar-refractivity contribution is 5.42. The standard InChI is InChI=1S/C14H19N3/c1-3-9-15-12(2)13-7-4-5-8-14(13)17-11-6-10-16-17/h4-8,10-12,15H,3,9H2,1-2H3. The van der Waals surface area contributed by atoms with Crippen LogP contribution in [0.25, 0.3) is 5.69 Å². The van der Waals surface area contributed by atoms with Gasteiger partial charge >= 0.3 is 0 Å².